The van der Waals surface area contributed by atoms with Gasteiger partial charge in [0.05, 0.1) is 13.3 Å². The molecule has 0 aliphatic carbocycles. The number of benzene rings is 1. The predicted octanol–water partition coefficient (Wildman–Crippen LogP) is 2.85. The second-order valence-electron chi connectivity index (χ2n) is 5.04. The summed E-state index contributed by atoms with van der Waals surface area (Å²) in [5.74, 6) is 0.0113. The van der Waals surface area contributed by atoms with Crippen molar-refractivity contribution in [2.24, 2.45) is 0 Å². The second-order valence-corrected chi connectivity index (χ2v) is 5.04. The summed E-state index contributed by atoms with van der Waals surface area (Å²) in [5, 5.41) is 2.65. The highest BCUT2D eigenvalue weighted by Crippen LogP contribution is 2.30. The quantitative estimate of drug-likeness (QED) is 0.933. The largest absolute Gasteiger partial charge is 0.479 e. The molecule has 1 saturated heterocycles. The average molecular weight is 330 g/mol. The molecule has 2 amide bonds. The van der Waals surface area contributed by atoms with Gasteiger partial charge in [-0.1, -0.05) is 12.6 Å². The van der Waals surface area contributed by atoms with E-state index in [1.807, 2.05) is 0 Å². The van der Waals surface area contributed by atoms with Crippen molar-refractivity contribution in [3.05, 3.63) is 48.6 Å². The summed E-state index contributed by atoms with van der Waals surface area (Å²) in [6, 6.07) is 5.28. The molecule has 0 atom stereocenters. The lowest BCUT2D eigenvalue weighted by molar-refractivity contribution is 0.245. The van der Waals surface area contributed by atoms with Crippen molar-refractivity contribution in [3.63, 3.8) is 0 Å². The van der Waals surface area contributed by atoms with E-state index in [4.69, 9.17) is 9.47 Å². The van der Waals surface area contributed by atoms with E-state index < -0.39 is 5.82 Å². The number of ether oxygens (including phenoxy) is 2. The molecule has 0 spiro atoms. The normalized spacial score (nSPS) is 14.3. The average Bonchev–Trinajstić information content (AvgIpc) is 2.55. The summed E-state index contributed by atoms with van der Waals surface area (Å²) in [4.78, 5) is 21.7. The van der Waals surface area contributed by atoms with Crippen LogP contribution in [-0.2, 0) is 0 Å². The topological polar surface area (TPSA) is 76.6 Å². The summed E-state index contributed by atoms with van der Waals surface area (Å²) in [7, 11) is 1.43. The number of nitrogens with one attached hydrogen (secondary N) is 1. The third-order valence-corrected chi connectivity index (χ3v) is 3.37. The van der Waals surface area contributed by atoms with Crippen LogP contribution in [-0.4, -0.2) is 29.7 Å². The molecule has 1 N–H and O–H groups in total. The van der Waals surface area contributed by atoms with Crippen LogP contribution < -0.4 is 19.7 Å². The zero-order chi connectivity index (χ0) is 17.1. The van der Waals surface area contributed by atoms with Gasteiger partial charge in [0.1, 0.15) is 17.3 Å². The Labute approximate surface area is 137 Å². The van der Waals surface area contributed by atoms with Crippen molar-refractivity contribution in [2.45, 2.75) is 6.42 Å². The molecular weight excluding hydrogens is 315 g/mol. The lowest BCUT2D eigenvalue weighted by Gasteiger charge is -2.28. The third-order valence-electron chi connectivity index (χ3n) is 3.37. The Morgan fingerprint density at radius 2 is 2.25 bits per heavy atom. The van der Waals surface area contributed by atoms with E-state index >= 15 is 0 Å². The number of amides is 2. The Bertz CT molecular complexity index is 797. The predicted molar refractivity (Wildman–Crippen MR) is 84.7 cm³/mol. The zero-order valence-corrected chi connectivity index (χ0v) is 13.0. The fraction of sp³-hybridized carbons (Fsp3) is 0.188. The lowest BCUT2D eigenvalue weighted by Crippen LogP contribution is -2.45. The van der Waals surface area contributed by atoms with Gasteiger partial charge in [0.2, 0.25) is 5.88 Å². The molecule has 2 heterocycles. The first-order valence-electron chi connectivity index (χ1n) is 7.17. The minimum Gasteiger partial charge on any atom is -0.479 e. The lowest BCUT2D eigenvalue weighted by atomic mass is 10.2. The highest BCUT2D eigenvalue weighted by molar-refractivity contribution is 5.95. The molecule has 1 fully saturated rings. The van der Waals surface area contributed by atoms with Gasteiger partial charge in [0.25, 0.3) is 0 Å². The van der Waals surface area contributed by atoms with Gasteiger partial charge in [-0.2, -0.15) is 4.98 Å². The third kappa shape index (κ3) is 3.27. The van der Waals surface area contributed by atoms with E-state index in [0.29, 0.717) is 24.4 Å². The number of methoxy groups -OCH3 is 1. The monoisotopic (exact) mass is 330 g/mol. The van der Waals surface area contributed by atoms with E-state index in [1.54, 1.807) is 6.07 Å². The molecule has 3 rings (SSSR count). The number of rotatable bonds is 4. The second kappa shape index (κ2) is 6.53. The van der Waals surface area contributed by atoms with Crippen molar-refractivity contribution >= 4 is 11.7 Å². The fourth-order valence-electron chi connectivity index (χ4n) is 2.22. The van der Waals surface area contributed by atoms with Crippen molar-refractivity contribution < 1.29 is 18.7 Å². The number of halogens is 1. The van der Waals surface area contributed by atoms with Gasteiger partial charge >= 0.3 is 12.0 Å². The number of nitrogens with zero attached hydrogens (tertiary/aromatic N) is 3. The molecular formula is C16H15FN4O3. The van der Waals surface area contributed by atoms with Crippen LogP contribution >= 0.6 is 0 Å². The Balaban J connectivity index is 1.85. The van der Waals surface area contributed by atoms with Crippen molar-refractivity contribution in [1.82, 2.24) is 15.3 Å². The van der Waals surface area contributed by atoms with Gasteiger partial charge in [-0.3, -0.25) is 4.90 Å². The Morgan fingerprint density at radius 3 is 2.96 bits per heavy atom. The number of carbonyl (C=O) groups excluding carboxylic acids is 1. The molecule has 1 aliphatic rings. The van der Waals surface area contributed by atoms with Crippen molar-refractivity contribution in [2.75, 3.05) is 18.6 Å². The molecule has 124 valence electrons. The fourth-order valence-corrected chi connectivity index (χ4v) is 2.22. The highest BCUT2D eigenvalue weighted by Gasteiger charge is 2.25. The first-order valence-corrected chi connectivity index (χ1v) is 7.17. The van der Waals surface area contributed by atoms with Crippen LogP contribution in [0.15, 0.2) is 42.7 Å². The molecule has 8 heteroatoms. The Kier molecular flexibility index (Phi) is 4.28. The smallest absolute Gasteiger partial charge is 0.326 e. The van der Waals surface area contributed by atoms with Crippen LogP contribution in [0.1, 0.15) is 6.42 Å². The maximum atomic E-state index is 13.2. The number of hydrogen-bond donors (Lipinski definition) is 1. The Morgan fingerprint density at radius 1 is 1.42 bits per heavy atom. The molecule has 1 aromatic heterocycles. The minimum absolute atomic E-state index is 0.0111. The number of urea groups is 1. The SMILES string of the molecule is C=C1CCN(c2cnc(Oc3cccc(F)c3)nc2OC)C(=O)N1. The minimum atomic E-state index is -0.429. The molecule has 24 heavy (non-hydrogen) atoms. The van der Waals surface area contributed by atoms with Gasteiger partial charge in [0, 0.05) is 24.7 Å². The van der Waals surface area contributed by atoms with E-state index in [9.17, 15) is 9.18 Å². The molecule has 1 aromatic carbocycles. The molecule has 0 unspecified atom stereocenters. The van der Waals surface area contributed by atoms with Gasteiger partial charge in [-0.05, 0) is 12.1 Å². The molecule has 7 nitrogen and oxygen atoms in total. The van der Waals surface area contributed by atoms with Crippen LogP contribution in [0, 0.1) is 5.82 Å². The maximum Gasteiger partial charge on any atom is 0.326 e. The summed E-state index contributed by atoms with van der Waals surface area (Å²) in [5.41, 5.74) is 1.07. The van der Waals surface area contributed by atoms with Gasteiger partial charge in [-0.15, -0.1) is 0 Å². The highest BCUT2D eigenvalue weighted by atomic mass is 19.1. The summed E-state index contributed by atoms with van der Waals surface area (Å²) in [6.45, 7) is 4.17. The summed E-state index contributed by atoms with van der Waals surface area (Å²) in [6.07, 6.45) is 2.03. The Hall–Kier alpha value is -3.16. The van der Waals surface area contributed by atoms with E-state index in [-0.39, 0.29) is 23.7 Å². The van der Waals surface area contributed by atoms with E-state index in [1.165, 1.54) is 36.4 Å². The van der Waals surface area contributed by atoms with E-state index in [2.05, 4.69) is 21.9 Å². The number of hydrogen-bond acceptors (Lipinski definition) is 5. The summed E-state index contributed by atoms with van der Waals surface area (Å²) >= 11 is 0. The molecule has 1 aliphatic heterocycles. The molecule has 0 bridgehead atoms. The number of anilines is 1. The zero-order valence-electron chi connectivity index (χ0n) is 13.0. The molecule has 0 saturated carbocycles. The number of carbonyl (C=O) groups is 1. The van der Waals surface area contributed by atoms with Crippen LogP contribution in [0.3, 0.4) is 0 Å². The van der Waals surface area contributed by atoms with Crippen LogP contribution in [0.4, 0.5) is 14.9 Å². The maximum absolute atomic E-state index is 13.2. The van der Waals surface area contributed by atoms with Gasteiger partial charge in [0.15, 0.2) is 0 Å². The molecule has 2 aromatic rings. The van der Waals surface area contributed by atoms with Gasteiger partial charge < -0.3 is 14.8 Å². The van der Waals surface area contributed by atoms with Crippen LogP contribution in [0.2, 0.25) is 0 Å². The standard InChI is InChI=1S/C16H15FN4O3/c1-10-6-7-21(16(22)19-10)13-9-18-15(20-14(13)23-2)24-12-5-3-4-11(17)8-12/h3-5,8-9H,1,6-7H2,2H3,(H,19,22). The summed E-state index contributed by atoms with van der Waals surface area (Å²) < 4.78 is 23.8. The molecule has 0 radical (unpaired) electrons. The van der Waals surface area contributed by atoms with Crippen molar-refractivity contribution in [1.29, 1.82) is 0 Å². The van der Waals surface area contributed by atoms with Crippen LogP contribution in [0.25, 0.3) is 0 Å². The number of aromatic nitrogens is 2. The van der Waals surface area contributed by atoms with Gasteiger partial charge in [-0.25, -0.2) is 14.2 Å². The van der Waals surface area contributed by atoms with Crippen LogP contribution in [0.5, 0.6) is 17.6 Å². The first-order chi connectivity index (χ1) is 11.6. The van der Waals surface area contributed by atoms with E-state index in [0.717, 1.165) is 0 Å². The van der Waals surface area contributed by atoms with Crippen molar-refractivity contribution in [3.8, 4) is 17.6 Å². The first kappa shape index (κ1) is 15.7.